The topological polar surface area (TPSA) is 205 Å². The number of nitrogens with two attached hydrogens (primary N) is 2. The van der Waals surface area contributed by atoms with Gasteiger partial charge in [0.25, 0.3) is 0 Å². The van der Waals surface area contributed by atoms with Crippen LogP contribution in [0.25, 0.3) is 0 Å². The van der Waals surface area contributed by atoms with E-state index in [1.54, 1.807) is 0 Å². The van der Waals surface area contributed by atoms with E-state index in [2.05, 4.69) is 23.3 Å². The second kappa shape index (κ2) is 13.9. The van der Waals surface area contributed by atoms with Crippen molar-refractivity contribution in [1.29, 1.82) is 0 Å². The SMILES string of the molecule is NCCCCC(NC(=O)C(CCC(=O)O)NC(=O)C(N)CS)C(=O)N1CCCC1C(=O)O. The Morgan fingerprint density at radius 1 is 1.03 bits per heavy atom. The average Bonchev–Trinajstić information content (AvgIpc) is 3.24. The summed E-state index contributed by atoms with van der Waals surface area (Å²) in [6.07, 6.45) is 1.58. The summed E-state index contributed by atoms with van der Waals surface area (Å²) in [5, 5.41) is 23.3. The lowest BCUT2D eigenvalue weighted by Gasteiger charge is -2.29. The van der Waals surface area contributed by atoms with Gasteiger partial charge in [0.15, 0.2) is 0 Å². The molecule has 1 rings (SSSR count). The molecule has 1 aliphatic rings. The summed E-state index contributed by atoms with van der Waals surface area (Å²) >= 11 is 3.93. The molecular weight excluding hydrogens is 442 g/mol. The van der Waals surface area contributed by atoms with Crippen molar-refractivity contribution in [3.05, 3.63) is 0 Å². The monoisotopic (exact) mass is 475 g/mol. The van der Waals surface area contributed by atoms with Gasteiger partial charge in [-0.05, 0) is 45.1 Å². The Labute approximate surface area is 191 Å². The molecule has 8 N–H and O–H groups in total. The third-order valence-corrected chi connectivity index (χ3v) is 5.59. The Hall–Kier alpha value is -2.38. The van der Waals surface area contributed by atoms with Crippen LogP contribution in [0.4, 0.5) is 0 Å². The number of aliphatic carboxylic acids is 2. The summed E-state index contributed by atoms with van der Waals surface area (Å²) in [5.74, 6) is -4.21. The molecule has 0 saturated carbocycles. The zero-order valence-corrected chi connectivity index (χ0v) is 18.8. The Bertz CT molecular complexity index is 693. The molecule has 12 nitrogen and oxygen atoms in total. The van der Waals surface area contributed by atoms with Gasteiger partial charge in [0.1, 0.15) is 18.1 Å². The highest BCUT2D eigenvalue weighted by Gasteiger charge is 2.38. The first-order valence-corrected chi connectivity index (χ1v) is 11.2. The fraction of sp³-hybridized carbons (Fsp3) is 0.737. The molecular formula is C19H33N5O7S. The normalized spacial score (nSPS) is 18.5. The molecule has 0 aliphatic carbocycles. The molecule has 1 fully saturated rings. The molecule has 3 amide bonds. The van der Waals surface area contributed by atoms with Gasteiger partial charge in [0.2, 0.25) is 17.7 Å². The van der Waals surface area contributed by atoms with E-state index in [0.717, 1.165) is 0 Å². The number of hydrogen-bond acceptors (Lipinski definition) is 8. The first-order chi connectivity index (χ1) is 15.1. The standard InChI is InChI=1S/C19H33N5O7S/c20-8-2-1-4-13(18(29)24-9-3-5-14(24)19(30)31)23-17(28)12(6-7-15(25)26)22-16(27)11(21)10-32/h11-14,32H,1-10,20-21H2,(H,22,27)(H,23,28)(H,25,26)(H,30,31). The number of rotatable bonds is 14. The molecule has 32 heavy (non-hydrogen) atoms. The van der Waals surface area contributed by atoms with Gasteiger partial charge in [-0.3, -0.25) is 19.2 Å². The van der Waals surface area contributed by atoms with Crippen LogP contribution in [0.15, 0.2) is 0 Å². The van der Waals surface area contributed by atoms with E-state index in [4.69, 9.17) is 16.6 Å². The number of nitrogens with zero attached hydrogens (tertiary/aromatic N) is 1. The Morgan fingerprint density at radius 3 is 2.25 bits per heavy atom. The highest BCUT2D eigenvalue weighted by Crippen LogP contribution is 2.20. The van der Waals surface area contributed by atoms with Crippen molar-refractivity contribution in [2.45, 2.75) is 69.1 Å². The van der Waals surface area contributed by atoms with E-state index in [1.807, 2.05) is 0 Å². The summed E-state index contributed by atoms with van der Waals surface area (Å²) in [7, 11) is 0. The maximum absolute atomic E-state index is 13.1. The highest BCUT2D eigenvalue weighted by molar-refractivity contribution is 7.80. The molecule has 0 aromatic carbocycles. The number of thiol groups is 1. The predicted molar refractivity (Wildman–Crippen MR) is 118 cm³/mol. The summed E-state index contributed by atoms with van der Waals surface area (Å²) in [4.78, 5) is 61.8. The molecule has 0 radical (unpaired) electrons. The second-order valence-corrected chi connectivity index (χ2v) is 8.02. The quantitative estimate of drug-likeness (QED) is 0.113. The van der Waals surface area contributed by atoms with Gasteiger partial charge in [-0.15, -0.1) is 0 Å². The number of carboxylic acid groups (broad SMARTS) is 2. The molecule has 0 aromatic rings. The number of unbranched alkanes of at least 4 members (excludes halogenated alkanes) is 1. The van der Waals surface area contributed by atoms with E-state index in [1.165, 1.54) is 4.90 Å². The van der Waals surface area contributed by atoms with E-state index in [-0.39, 0.29) is 25.1 Å². The zero-order valence-electron chi connectivity index (χ0n) is 17.9. The van der Waals surface area contributed by atoms with Crippen molar-refractivity contribution < 1.29 is 34.2 Å². The molecule has 1 saturated heterocycles. The lowest BCUT2D eigenvalue weighted by Crippen LogP contribution is -2.57. The summed E-state index contributed by atoms with van der Waals surface area (Å²) in [6, 6.07) is -4.23. The Balaban J connectivity index is 2.99. The minimum absolute atomic E-state index is 0.0187. The number of amides is 3. The molecule has 182 valence electrons. The third kappa shape index (κ3) is 8.63. The van der Waals surface area contributed by atoms with E-state index >= 15 is 0 Å². The number of nitrogens with one attached hydrogen (secondary N) is 2. The molecule has 1 aliphatic heterocycles. The van der Waals surface area contributed by atoms with Gasteiger partial charge in [0, 0.05) is 18.7 Å². The number of likely N-dealkylation sites (tertiary alicyclic amines) is 1. The van der Waals surface area contributed by atoms with E-state index in [9.17, 15) is 29.1 Å². The van der Waals surface area contributed by atoms with Gasteiger partial charge in [0.05, 0.1) is 6.04 Å². The number of carbonyl (C=O) groups excluding carboxylic acids is 3. The minimum atomic E-state index is -1.23. The molecule has 13 heteroatoms. The maximum atomic E-state index is 13.1. The average molecular weight is 476 g/mol. The van der Waals surface area contributed by atoms with Gasteiger partial charge >= 0.3 is 11.9 Å². The Kier molecular flexibility index (Phi) is 12.0. The third-order valence-electron chi connectivity index (χ3n) is 5.20. The lowest BCUT2D eigenvalue weighted by molar-refractivity contribution is -0.149. The predicted octanol–water partition coefficient (Wildman–Crippen LogP) is -1.72. The van der Waals surface area contributed by atoms with Crippen LogP contribution in [0, 0.1) is 0 Å². The van der Waals surface area contributed by atoms with Crippen LogP contribution in [-0.4, -0.2) is 87.8 Å². The number of carboxylic acids is 2. The van der Waals surface area contributed by atoms with Crippen molar-refractivity contribution in [3.63, 3.8) is 0 Å². The van der Waals surface area contributed by atoms with Crippen LogP contribution in [0.5, 0.6) is 0 Å². The summed E-state index contributed by atoms with van der Waals surface area (Å²) < 4.78 is 0. The van der Waals surface area contributed by atoms with E-state index in [0.29, 0.717) is 32.2 Å². The fourth-order valence-corrected chi connectivity index (χ4v) is 3.57. The molecule has 0 spiro atoms. The van der Waals surface area contributed by atoms with Crippen LogP contribution >= 0.6 is 12.6 Å². The molecule has 1 heterocycles. The molecule has 4 atom stereocenters. The van der Waals surface area contributed by atoms with Gasteiger partial charge in [-0.2, -0.15) is 12.6 Å². The first kappa shape index (κ1) is 27.7. The van der Waals surface area contributed by atoms with Crippen LogP contribution in [0.3, 0.4) is 0 Å². The Morgan fingerprint density at radius 2 is 1.69 bits per heavy atom. The van der Waals surface area contributed by atoms with Gasteiger partial charge in [-0.1, -0.05) is 0 Å². The van der Waals surface area contributed by atoms with Crippen LogP contribution in [0.2, 0.25) is 0 Å². The second-order valence-electron chi connectivity index (χ2n) is 7.66. The lowest BCUT2D eigenvalue weighted by atomic mass is 10.0. The van der Waals surface area contributed by atoms with E-state index < -0.39 is 60.2 Å². The number of hydrogen-bond donors (Lipinski definition) is 7. The number of carbonyl (C=O) groups is 5. The highest BCUT2D eigenvalue weighted by atomic mass is 32.1. The van der Waals surface area contributed by atoms with Crippen molar-refractivity contribution in [1.82, 2.24) is 15.5 Å². The summed E-state index contributed by atoms with van der Waals surface area (Å²) in [5.41, 5.74) is 11.1. The van der Waals surface area contributed by atoms with Crippen molar-refractivity contribution >= 4 is 42.3 Å². The zero-order chi connectivity index (χ0) is 24.3. The van der Waals surface area contributed by atoms with Crippen molar-refractivity contribution in [2.75, 3.05) is 18.8 Å². The van der Waals surface area contributed by atoms with Crippen LogP contribution in [0.1, 0.15) is 44.9 Å². The van der Waals surface area contributed by atoms with Crippen LogP contribution < -0.4 is 22.1 Å². The smallest absolute Gasteiger partial charge is 0.326 e. The van der Waals surface area contributed by atoms with Crippen LogP contribution in [-0.2, 0) is 24.0 Å². The van der Waals surface area contributed by atoms with Crippen molar-refractivity contribution in [3.8, 4) is 0 Å². The molecule has 0 bridgehead atoms. The maximum Gasteiger partial charge on any atom is 0.326 e. The minimum Gasteiger partial charge on any atom is -0.481 e. The molecule has 0 aromatic heterocycles. The first-order valence-electron chi connectivity index (χ1n) is 10.5. The summed E-state index contributed by atoms with van der Waals surface area (Å²) in [6.45, 7) is 0.643. The fourth-order valence-electron chi connectivity index (χ4n) is 3.41. The van der Waals surface area contributed by atoms with Gasteiger partial charge < -0.3 is 37.2 Å². The largest absolute Gasteiger partial charge is 0.481 e. The van der Waals surface area contributed by atoms with Gasteiger partial charge in [-0.25, -0.2) is 4.79 Å². The molecule has 4 unspecified atom stereocenters. The van der Waals surface area contributed by atoms with Crippen molar-refractivity contribution in [2.24, 2.45) is 11.5 Å².